The molecule has 0 aromatic carbocycles. The van der Waals surface area contributed by atoms with Crippen molar-refractivity contribution in [3.63, 3.8) is 0 Å². The van der Waals surface area contributed by atoms with Crippen LogP contribution in [0.1, 0.15) is 12.8 Å². The van der Waals surface area contributed by atoms with Crippen LogP contribution in [-0.2, 0) is 0 Å². The van der Waals surface area contributed by atoms with Crippen LogP contribution in [0.2, 0.25) is 0 Å². The zero-order valence-electron chi connectivity index (χ0n) is 4.63. The summed E-state index contributed by atoms with van der Waals surface area (Å²) in [5.41, 5.74) is 0. The second kappa shape index (κ2) is 2.36. The summed E-state index contributed by atoms with van der Waals surface area (Å²) in [7, 11) is 0. The quantitative estimate of drug-likeness (QED) is 0.384. The molecule has 0 nitrogen and oxygen atoms in total. The van der Waals surface area contributed by atoms with Crippen LogP contribution in [0.5, 0.6) is 0 Å². The molecule has 0 unspecified atom stereocenters. The normalized spacial score (nSPS) is 18.6. The van der Waals surface area contributed by atoms with Crippen molar-refractivity contribution in [2.45, 2.75) is 17.4 Å². The number of rotatable bonds is 0. The first kappa shape index (κ1) is 7.18. The molecule has 0 aromatic heterocycles. The number of halogens is 3. The Kier molecular flexibility index (Phi) is 1.88. The van der Waals surface area contributed by atoms with Crippen molar-refractivity contribution in [3.05, 3.63) is 0 Å². The highest BCUT2D eigenvalue weighted by Gasteiger charge is 2.22. The number of alkyl halides is 3. The van der Waals surface area contributed by atoms with Crippen molar-refractivity contribution in [1.29, 1.82) is 0 Å². The highest BCUT2D eigenvalue weighted by molar-refractivity contribution is 6.49. The Hall–Kier alpha value is 0.0700. The van der Waals surface area contributed by atoms with Gasteiger partial charge in [0, 0.05) is 5.92 Å². The molecule has 1 aliphatic carbocycles. The summed E-state index contributed by atoms with van der Waals surface area (Å²) in [5.74, 6) is 5.05. The van der Waals surface area contributed by atoms with E-state index in [1.807, 2.05) is 0 Å². The van der Waals surface area contributed by atoms with Crippen molar-refractivity contribution in [1.82, 2.24) is 0 Å². The second-order valence-corrected chi connectivity index (χ2v) is 3.28. The van der Waals surface area contributed by atoms with Crippen LogP contribution in [0.15, 0.2) is 0 Å². The van der Waals surface area contributed by atoms with Crippen molar-refractivity contribution < 1.29 is 4.39 Å². The molecule has 0 bridgehead atoms. The summed E-state index contributed by atoms with van der Waals surface area (Å²) in [5, 5.41) is 0. The summed E-state index contributed by atoms with van der Waals surface area (Å²) in [4.78, 5) is 0. The fourth-order valence-electron chi connectivity index (χ4n) is 0.412. The lowest BCUT2D eigenvalue weighted by Gasteiger charge is -1.94. The van der Waals surface area contributed by atoms with Gasteiger partial charge in [0.15, 0.2) is 0 Å². The minimum atomic E-state index is -2.34. The third-order valence-corrected chi connectivity index (χ3v) is 1.18. The maximum atomic E-state index is 12.1. The van der Waals surface area contributed by atoms with Crippen LogP contribution >= 0.6 is 23.2 Å². The van der Waals surface area contributed by atoms with E-state index in [0.717, 1.165) is 12.8 Å². The third-order valence-electron chi connectivity index (χ3n) is 0.995. The van der Waals surface area contributed by atoms with Crippen LogP contribution in [0.4, 0.5) is 4.39 Å². The third kappa shape index (κ3) is 3.61. The van der Waals surface area contributed by atoms with Crippen molar-refractivity contribution in [2.75, 3.05) is 0 Å². The Labute approximate surface area is 63.3 Å². The van der Waals surface area contributed by atoms with Gasteiger partial charge < -0.3 is 0 Å². The Bertz CT molecular complexity index is 156. The fraction of sp³-hybridized carbons (Fsp3) is 0.667. The molecule has 3 heteroatoms. The largest absolute Gasteiger partial charge is 0.319 e. The van der Waals surface area contributed by atoms with Crippen LogP contribution in [-0.4, -0.2) is 4.59 Å². The Morgan fingerprint density at radius 1 is 1.44 bits per heavy atom. The minimum absolute atomic E-state index is 0.345. The van der Waals surface area contributed by atoms with Gasteiger partial charge in [0.25, 0.3) is 0 Å². The van der Waals surface area contributed by atoms with Gasteiger partial charge >= 0.3 is 4.59 Å². The second-order valence-electron chi connectivity index (χ2n) is 2.04. The number of hydrogen-bond acceptors (Lipinski definition) is 0. The topological polar surface area (TPSA) is 0 Å². The van der Waals surface area contributed by atoms with E-state index in [1.165, 1.54) is 0 Å². The van der Waals surface area contributed by atoms with Gasteiger partial charge in [0.2, 0.25) is 0 Å². The molecule has 0 heterocycles. The summed E-state index contributed by atoms with van der Waals surface area (Å²) in [6, 6.07) is 0. The molecular formula is C6H5Cl2F. The van der Waals surface area contributed by atoms with E-state index in [2.05, 4.69) is 11.8 Å². The molecule has 9 heavy (non-hydrogen) atoms. The monoisotopic (exact) mass is 166 g/mol. The van der Waals surface area contributed by atoms with Crippen molar-refractivity contribution in [2.24, 2.45) is 5.92 Å². The number of hydrogen-bond donors (Lipinski definition) is 0. The van der Waals surface area contributed by atoms with Gasteiger partial charge in [0.05, 0.1) is 0 Å². The van der Waals surface area contributed by atoms with Crippen LogP contribution in [0, 0.1) is 17.8 Å². The molecule has 0 radical (unpaired) electrons. The summed E-state index contributed by atoms with van der Waals surface area (Å²) in [6.07, 6.45) is 2.10. The van der Waals surface area contributed by atoms with Gasteiger partial charge in [-0.1, -0.05) is 29.1 Å². The van der Waals surface area contributed by atoms with Crippen molar-refractivity contribution in [3.8, 4) is 11.8 Å². The average molecular weight is 167 g/mol. The van der Waals surface area contributed by atoms with Crippen LogP contribution in [0.3, 0.4) is 0 Å². The molecule has 0 amide bonds. The fourth-order valence-corrected chi connectivity index (χ4v) is 0.521. The van der Waals surface area contributed by atoms with Gasteiger partial charge in [-0.3, -0.25) is 0 Å². The van der Waals surface area contributed by atoms with Gasteiger partial charge in [-0.2, -0.15) is 4.39 Å². The van der Waals surface area contributed by atoms with Gasteiger partial charge in [0.1, 0.15) is 0 Å². The maximum Gasteiger partial charge on any atom is 0.319 e. The summed E-state index contributed by atoms with van der Waals surface area (Å²) < 4.78 is 9.79. The standard InChI is InChI=1S/C6H5Cl2F/c7-6(8,9)4-3-5-1-2-5/h5H,1-2H2. The van der Waals surface area contributed by atoms with Gasteiger partial charge in [-0.05, 0) is 18.8 Å². The molecule has 1 fully saturated rings. The predicted molar refractivity (Wildman–Crippen MR) is 36.0 cm³/mol. The van der Waals surface area contributed by atoms with Gasteiger partial charge in [-0.15, -0.1) is 0 Å². The molecule has 1 aliphatic rings. The van der Waals surface area contributed by atoms with Crippen LogP contribution in [0.25, 0.3) is 0 Å². The first-order valence-corrected chi connectivity index (χ1v) is 3.43. The highest BCUT2D eigenvalue weighted by Crippen LogP contribution is 2.29. The highest BCUT2D eigenvalue weighted by atomic mass is 35.5. The van der Waals surface area contributed by atoms with E-state index in [9.17, 15) is 4.39 Å². The summed E-state index contributed by atoms with van der Waals surface area (Å²) >= 11 is 9.86. The lowest BCUT2D eigenvalue weighted by atomic mass is 10.4. The van der Waals surface area contributed by atoms with E-state index in [-0.39, 0.29) is 0 Å². The molecule has 0 aliphatic heterocycles. The lowest BCUT2D eigenvalue weighted by Crippen LogP contribution is -1.97. The lowest BCUT2D eigenvalue weighted by molar-refractivity contribution is 0.476. The predicted octanol–water partition coefficient (Wildman–Crippen LogP) is 2.50. The summed E-state index contributed by atoms with van der Waals surface area (Å²) in [6.45, 7) is 0. The molecule has 1 saturated carbocycles. The molecule has 0 aromatic rings. The zero-order valence-corrected chi connectivity index (χ0v) is 6.14. The molecule has 50 valence electrons. The smallest absolute Gasteiger partial charge is 0.193 e. The maximum absolute atomic E-state index is 12.1. The molecule has 0 atom stereocenters. The Morgan fingerprint density at radius 3 is 2.33 bits per heavy atom. The van der Waals surface area contributed by atoms with E-state index in [0.29, 0.717) is 5.92 Å². The molecular weight excluding hydrogens is 162 g/mol. The average Bonchev–Trinajstić information content (AvgIpc) is 2.38. The van der Waals surface area contributed by atoms with E-state index in [4.69, 9.17) is 23.2 Å². The van der Waals surface area contributed by atoms with E-state index >= 15 is 0 Å². The Morgan fingerprint density at radius 2 is 2.00 bits per heavy atom. The van der Waals surface area contributed by atoms with Crippen molar-refractivity contribution >= 4 is 23.2 Å². The SMILES string of the molecule is FC(Cl)(Cl)C#CC1CC1. The van der Waals surface area contributed by atoms with E-state index < -0.39 is 4.59 Å². The molecule has 0 spiro atoms. The minimum Gasteiger partial charge on any atom is -0.193 e. The molecule has 0 saturated heterocycles. The van der Waals surface area contributed by atoms with Crippen LogP contribution < -0.4 is 0 Å². The first-order valence-electron chi connectivity index (χ1n) is 2.67. The Balaban J connectivity index is 2.39. The van der Waals surface area contributed by atoms with E-state index in [1.54, 1.807) is 0 Å². The van der Waals surface area contributed by atoms with Gasteiger partial charge in [-0.25, -0.2) is 0 Å². The zero-order chi connectivity index (χ0) is 6.91. The first-order chi connectivity index (χ1) is 4.08. The molecule has 0 N–H and O–H groups in total. The molecule has 1 rings (SSSR count).